The fraction of sp³-hybridized carbons (Fsp3) is 0.150. The molecule has 0 aliphatic carbocycles. The molecule has 6 nitrogen and oxygen atoms in total. The Morgan fingerprint density at radius 3 is 2.45 bits per heavy atom. The second kappa shape index (κ2) is 12.1. The van der Waals surface area contributed by atoms with E-state index in [1.807, 2.05) is 60.7 Å². The number of nitrogens with one attached hydrogen (secondary N) is 3. The maximum absolute atomic E-state index is 7.17. The lowest BCUT2D eigenvalue weighted by Gasteiger charge is -2.10. The molecule has 0 atom stereocenters. The zero-order valence-electron chi connectivity index (χ0n) is 15.6. The molecule has 0 aliphatic heterocycles. The molecule has 1 aromatic heterocycles. The molecule has 3 aromatic rings. The van der Waals surface area contributed by atoms with Crippen molar-refractivity contribution < 1.29 is 0 Å². The normalized spacial score (nSPS) is 10.2. The average molecular weight is 454 g/mol. The molecule has 9 heteroatoms. The van der Waals surface area contributed by atoms with Gasteiger partial charge in [0.15, 0.2) is 11.8 Å². The predicted molar refractivity (Wildman–Crippen MR) is 127 cm³/mol. The van der Waals surface area contributed by atoms with Crippen LogP contribution in [0.2, 0.25) is 5.02 Å². The zero-order chi connectivity index (χ0) is 19.1. The van der Waals surface area contributed by atoms with Crippen LogP contribution in [0.15, 0.2) is 48.5 Å². The van der Waals surface area contributed by atoms with Crippen molar-refractivity contribution >= 4 is 71.2 Å². The maximum Gasteiger partial charge on any atom is 0.185 e. The third-order valence-electron chi connectivity index (χ3n) is 3.88. The van der Waals surface area contributed by atoms with Crippen molar-refractivity contribution in [1.29, 1.82) is 5.41 Å². The Labute approximate surface area is 187 Å². The highest BCUT2D eigenvalue weighted by Gasteiger charge is 2.05. The van der Waals surface area contributed by atoms with Crippen LogP contribution in [0.5, 0.6) is 0 Å². The summed E-state index contributed by atoms with van der Waals surface area (Å²) >= 11 is 5.92. The van der Waals surface area contributed by atoms with E-state index >= 15 is 0 Å². The third kappa shape index (κ3) is 7.42. The summed E-state index contributed by atoms with van der Waals surface area (Å²) in [6.45, 7) is 1.34. The minimum Gasteiger partial charge on any atom is -0.370 e. The molecule has 0 saturated carbocycles. The minimum atomic E-state index is -0.0166. The molecule has 0 spiro atoms. The highest BCUT2D eigenvalue weighted by molar-refractivity contribution is 6.30. The first-order chi connectivity index (χ1) is 13.1. The Bertz CT molecular complexity index is 960. The minimum absolute atomic E-state index is 0. The third-order valence-corrected chi connectivity index (χ3v) is 4.13. The molecule has 0 amide bonds. The number of guanidine groups is 1. The lowest BCUT2D eigenvalue weighted by molar-refractivity contribution is 0.795. The number of rotatable bonds is 7. The average Bonchev–Trinajstić information content (AvgIpc) is 2.67. The highest BCUT2D eigenvalue weighted by Crippen LogP contribution is 2.21. The smallest absolute Gasteiger partial charge is 0.185 e. The van der Waals surface area contributed by atoms with Gasteiger partial charge in [-0.05, 0) is 42.3 Å². The molecule has 0 radical (unpaired) electrons. The van der Waals surface area contributed by atoms with Crippen LogP contribution >= 0.6 is 36.4 Å². The van der Waals surface area contributed by atoms with E-state index in [-0.39, 0.29) is 30.8 Å². The van der Waals surface area contributed by atoms with Crippen molar-refractivity contribution in [2.75, 3.05) is 18.4 Å². The van der Waals surface area contributed by atoms with Crippen molar-refractivity contribution in [3.8, 4) is 0 Å². The molecule has 2 aromatic carbocycles. The van der Waals surface area contributed by atoms with Crippen LogP contribution in [0.4, 0.5) is 5.82 Å². The van der Waals surface area contributed by atoms with Crippen LogP contribution in [0.3, 0.4) is 0 Å². The molecule has 0 aliphatic rings. The van der Waals surface area contributed by atoms with Gasteiger partial charge in [-0.3, -0.25) is 5.41 Å². The Balaban J connectivity index is 0.00000210. The number of para-hydroxylation sites is 1. The van der Waals surface area contributed by atoms with E-state index in [9.17, 15) is 0 Å². The summed E-state index contributed by atoms with van der Waals surface area (Å²) in [7, 11) is 0. The number of nitrogens with two attached hydrogens (primary N) is 1. The molecule has 5 N–H and O–H groups in total. The fourth-order valence-corrected chi connectivity index (χ4v) is 2.69. The second-order valence-electron chi connectivity index (χ2n) is 5.95. The van der Waals surface area contributed by atoms with Gasteiger partial charge in [-0.15, -0.1) is 24.8 Å². The largest absolute Gasteiger partial charge is 0.370 e. The van der Waals surface area contributed by atoms with E-state index in [0.29, 0.717) is 23.9 Å². The lowest BCUT2D eigenvalue weighted by atomic mass is 10.2. The van der Waals surface area contributed by atoms with E-state index < -0.39 is 0 Å². The number of hydrogen-bond donors (Lipinski definition) is 4. The van der Waals surface area contributed by atoms with Gasteiger partial charge in [0.1, 0.15) is 5.82 Å². The van der Waals surface area contributed by atoms with Crippen LogP contribution in [0, 0.1) is 5.41 Å². The van der Waals surface area contributed by atoms with E-state index in [4.69, 9.17) is 22.7 Å². The molecule has 0 bridgehead atoms. The zero-order valence-corrected chi connectivity index (χ0v) is 17.9. The van der Waals surface area contributed by atoms with Crippen LogP contribution in [-0.4, -0.2) is 29.0 Å². The molecular weight excluding hydrogens is 431 g/mol. The Hall–Kier alpha value is -2.54. The van der Waals surface area contributed by atoms with Crippen LogP contribution < -0.4 is 16.4 Å². The van der Waals surface area contributed by atoms with Crippen molar-refractivity contribution in [1.82, 2.24) is 15.3 Å². The summed E-state index contributed by atoms with van der Waals surface area (Å²) < 4.78 is 0. The molecule has 0 saturated heterocycles. The lowest BCUT2D eigenvalue weighted by Crippen LogP contribution is -2.31. The maximum atomic E-state index is 7.17. The van der Waals surface area contributed by atoms with E-state index in [1.54, 1.807) is 0 Å². The molecule has 3 rings (SSSR count). The van der Waals surface area contributed by atoms with Gasteiger partial charge in [0, 0.05) is 23.5 Å². The standard InChI is InChI=1S/C20H21ClN6.2ClH/c21-15-9-6-14(7-10-15)8-11-18-26-17-5-2-1-4-16(17)19(27-18)24-12-3-13-25-20(22)23;;/h1-2,4-11H,3,12-13H2,(H4,22,23,25)(H,24,26,27);2*1H. The predicted octanol–water partition coefficient (Wildman–Crippen LogP) is 4.58. The number of fused-ring (bicyclic) bond motifs is 1. The number of benzene rings is 2. The summed E-state index contributed by atoms with van der Waals surface area (Å²) in [6, 6.07) is 15.5. The number of hydrogen-bond acceptors (Lipinski definition) is 4. The van der Waals surface area contributed by atoms with Crippen LogP contribution in [-0.2, 0) is 0 Å². The van der Waals surface area contributed by atoms with Crippen LogP contribution in [0.25, 0.3) is 23.1 Å². The van der Waals surface area contributed by atoms with Gasteiger partial charge in [-0.25, -0.2) is 9.97 Å². The van der Waals surface area contributed by atoms with Crippen molar-refractivity contribution in [3.05, 3.63) is 64.9 Å². The van der Waals surface area contributed by atoms with Gasteiger partial charge in [0.25, 0.3) is 0 Å². The van der Waals surface area contributed by atoms with Crippen LogP contribution in [0.1, 0.15) is 17.8 Å². The van der Waals surface area contributed by atoms with Crippen molar-refractivity contribution in [2.45, 2.75) is 6.42 Å². The first kappa shape index (κ1) is 24.5. The second-order valence-corrected chi connectivity index (χ2v) is 6.39. The SMILES string of the molecule is Cl.Cl.N=C(N)NCCCNc1nc(C=Cc2ccc(Cl)cc2)nc2ccccc12. The topological polar surface area (TPSA) is 99.7 Å². The summed E-state index contributed by atoms with van der Waals surface area (Å²) in [5.41, 5.74) is 7.20. The molecule has 0 fully saturated rings. The number of anilines is 1. The van der Waals surface area contributed by atoms with Gasteiger partial charge >= 0.3 is 0 Å². The van der Waals surface area contributed by atoms with Gasteiger partial charge in [0.2, 0.25) is 0 Å². The summed E-state index contributed by atoms with van der Waals surface area (Å²) in [4.78, 5) is 9.26. The molecule has 29 heavy (non-hydrogen) atoms. The summed E-state index contributed by atoms with van der Waals surface area (Å²) in [5, 5.41) is 15.0. The quantitative estimate of drug-likeness (QED) is 0.238. The molecule has 0 unspecified atom stereocenters. The van der Waals surface area contributed by atoms with Crippen molar-refractivity contribution in [3.63, 3.8) is 0 Å². The molecule has 1 heterocycles. The molecule has 154 valence electrons. The number of nitrogens with zero attached hydrogens (tertiary/aromatic N) is 2. The van der Waals surface area contributed by atoms with E-state index in [1.165, 1.54) is 0 Å². The fourth-order valence-electron chi connectivity index (χ4n) is 2.57. The first-order valence-corrected chi connectivity index (χ1v) is 9.02. The Kier molecular flexibility index (Phi) is 10.2. The highest BCUT2D eigenvalue weighted by atomic mass is 35.5. The van der Waals surface area contributed by atoms with Gasteiger partial charge in [-0.1, -0.05) is 41.9 Å². The molecular formula is C20H23Cl3N6. The summed E-state index contributed by atoms with van der Waals surface area (Å²) in [5.74, 6) is 1.41. The van der Waals surface area contributed by atoms with Gasteiger partial charge < -0.3 is 16.4 Å². The van der Waals surface area contributed by atoms with Crippen molar-refractivity contribution in [2.24, 2.45) is 5.73 Å². The van der Waals surface area contributed by atoms with Gasteiger partial charge in [0.05, 0.1) is 5.52 Å². The van der Waals surface area contributed by atoms with E-state index in [2.05, 4.69) is 20.6 Å². The Morgan fingerprint density at radius 2 is 1.72 bits per heavy atom. The first-order valence-electron chi connectivity index (χ1n) is 8.64. The monoisotopic (exact) mass is 452 g/mol. The number of aromatic nitrogens is 2. The summed E-state index contributed by atoms with van der Waals surface area (Å²) in [6.07, 6.45) is 4.66. The Morgan fingerprint density at radius 1 is 1.00 bits per heavy atom. The van der Waals surface area contributed by atoms with Gasteiger partial charge in [-0.2, -0.15) is 0 Å². The number of halogens is 3. The van der Waals surface area contributed by atoms with E-state index in [0.717, 1.165) is 28.7 Å².